The molecule has 1 aliphatic rings. The number of halogens is 1. The zero-order valence-corrected chi connectivity index (χ0v) is 15.5. The number of amides is 1. The molecule has 0 N–H and O–H groups in total. The van der Waals surface area contributed by atoms with Crippen LogP contribution >= 0.6 is 0 Å². The van der Waals surface area contributed by atoms with Crippen LogP contribution in [0.3, 0.4) is 0 Å². The lowest BCUT2D eigenvalue weighted by atomic mass is 10.1. The van der Waals surface area contributed by atoms with E-state index in [1.807, 2.05) is 32.0 Å². The number of carbonyl (C=O) groups excluding carboxylic acids is 1. The molecule has 4 rings (SSSR count). The maximum Gasteiger partial charge on any atom is 0.257 e. The third-order valence-corrected chi connectivity index (χ3v) is 5.22. The van der Waals surface area contributed by atoms with Crippen LogP contribution in [0.25, 0.3) is 11.5 Å². The molecule has 1 saturated heterocycles. The van der Waals surface area contributed by atoms with E-state index < -0.39 is 0 Å². The molecule has 0 saturated carbocycles. The van der Waals surface area contributed by atoms with E-state index >= 15 is 0 Å². The maximum atomic E-state index is 13.9. The van der Waals surface area contributed by atoms with Crippen molar-refractivity contribution in [3.05, 3.63) is 64.7 Å². The Labute approximate surface area is 156 Å². The first-order valence-corrected chi connectivity index (χ1v) is 8.90. The van der Waals surface area contributed by atoms with Crippen LogP contribution in [-0.4, -0.2) is 22.6 Å². The molecule has 1 aliphatic heterocycles. The average Bonchev–Trinajstić information content (AvgIpc) is 3.27. The number of nitrogens with zero attached hydrogens (tertiary/aromatic N) is 3. The predicted molar refractivity (Wildman–Crippen MR) is 100 cm³/mol. The van der Waals surface area contributed by atoms with Gasteiger partial charge in [0.25, 0.3) is 5.89 Å². The zero-order valence-electron chi connectivity index (χ0n) is 15.5. The first-order valence-electron chi connectivity index (χ1n) is 8.90. The number of hydrogen-bond donors (Lipinski definition) is 0. The minimum absolute atomic E-state index is 0.0637. The van der Waals surface area contributed by atoms with Crippen LogP contribution in [0.4, 0.5) is 10.1 Å². The minimum Gasteiger partial charge on any atom is -0.334 e. The summed E-state index contributed by atoms with van der Waals surface area (Å²) in [6, 6.07) is 10.7. The summed E-state index contributed by atoms with van der Waals surface area (Å²) < 4.78 is 19.3. The molecule has 2 heterocycles. The van der Waals surface area contributed by atoms with Crippen LogP contribution in [0.15, 0.2) is 40.9 Å². The number of aryl methyl sites for hydroxylation is 2. The third-order valence-electron chi connectivity index (χ3n) is 5.22. The smallest absolute Gasteiger partial charge is 0.257 e. The zero-order chi connectivity index (χ0) is 19.1. The largest absolute Gasteiger partial charge is 0.334 e. The van der Waals surface area contributed by atoms with Crippen molar-refractivity contribution in [1.82, 2.24) is 10.1 Å². The minimum atomic E-state index is -0.319. The molecule has 1 unspecified atom stereocenters. The van der Waals surface area contributed by atoms with Gasteiger partial charge in [0.15, 0.2) is 5.82 Å². The second-order valence-corrected chi connectivity index (χ2v) is 7.05. The lowest BCUT2D eigenvalue weighted by molar-refractivity contribution is -0.117. The maximum absolute atomic E-state index is 13.9. The predicted octanol–water partition coefficient (Wildman–Crippen LogP) is 4.32. The Morgan fingerprint density at radius 3 is 2.74 bits per heavy atom. The standard InChI is InChI=1S/C21H20FN3O2/c1-12-7-8-15(9-13(12)2)21-23-20(24-27-21)16-10-19(26)25(11-16)18-6-4-5-17(22)14(18)3/h4-9,16H,10-11H2,1-3H3. The van der Waals surface area contributed by atoms with Crippen molar-refractivity contribution in [3.8, 4) is 11.5 Å². The Hall–Kier alpha value is -3.02. The molecule has 1 atom stereocenters. The van der Waals surface area contributed by atoms with Crippen LogP contribution in [0, 0.1) is 26.6 Å². The molecule has 27 heavy (non-hydrogen) atoms. The molecular weight excluding hydrogens is 345 g/mol. The quantitative estimate of drug-likeness (QED) is 0.693. The molecule has 0 bridgehead atoms. The fourth-order valence-electron chi connectivity index (χ4n) is 3.39. The van der Waals surface area contributed by atoms with Gasteiger partial charge in [0.05, 0.1) is 0 Å². The molecule has 1 fully saturated rings. The highest BCUT2D eigenvalue weighted by molar-refractivity contribution is 5.97. The molecule has 6 heteroatoms. The fourth-order valence-corrected chi connectivity index (χ4v) is 3.39. The van der Waals surface area contributed by atoms with E-state index in [0.717, 1.165) is 11.1 Å². The molecule has 0 aliphatic carbocycles. The molecule has 2 aromatic carbocycles. The molecular formula is C21H20FN3O2. The van der Waals surface area contributed by atoms with Crippen molar-refractivity contribution in [2.24, 2.45) is 0 Å². The van der Waals surface area contributed by atoms with Gasteiger partial charge in [0.2, 0.25) is 5.91 Å². The van der Waals surface area contributed by atoms with Gasteiger partial charge >= 0.3 is 0 Å². The summed E-state index contributed by atoms with van der Waals surface area (Å²) in [5.41, 5.74) is 4.27. The monoisotopic (exact) mass is 365 g/mol. The molecule has 138 valence electrons. The van der Waals surface area contributed by atoms with E-state index in [2.05, 4.69) is 10.1 Å². The van der Waals surface area contributed by atoms with E-state index in [4.69, 9.17) is 4.52 Å². The second-order valence-electron chi connectivity index (χ2n) is 7.05. The SMILES string of the molecule is Cc1ccc(-c2nc(C3CC(=O)N(c4cccc(F)c4C)C3)no2)cc1C. The molecule has 1 aromatic heterocycles. The summed E-state index contributed by atoms with van der Waals surface area (Å²) in [6.07, 6.45) is 0.280. The number of anilines is 1. The number of rotatable bonds is 3. The molecule has 3 aromatic rings. The summed E-state index contributed by atoms with van der Waals surface area (Å²) in [5.74, 6) is 0.393. The normalized spacial score (nSPS) is 17.0. The Morgan fingerprint density at radius 2 is 1.96 bits per heavy atom. The summed E-state index contributed by atoms with van der Waals surface area (Å²) in [4.78, 5) is 18.6. The fraction of sp³-hybridized carbons (Fsp3) is 0.286. The van der Waals surface area contributed by atoms with E-state index in [9.17, 15) is 9.18 Å². The van der Waals surface area contributed by atoms with Gasteiger partial charge < -0.3 is 9.42 Å². The van der Waals surface area contributed by atoms with Gasteiger partial charge in [-0.3, -0.25) is 4.79 Å². The van der Waals surface area contributed by atoms with Crippen molar-refractivity contribution >= 4 is 11.6 Å². The Morgan fingerprint density at radius 1 is 1.15 bits per heavy atom. The number of hydrogen-bond acceptors (Lipinski definition) is 4. The Bertz CT molecular complexity index is 1030. The van der Waals surface area contributed by atoms with Crippen LogP contribution in [0.1, 0.15) is 34.9 Å². The average molecular weight is 365 g/mol. The Kier molecular flexibility index (Phi) is 4.26. The van der Waals surface area contributed by atoms with Crippen molar-refractivity contribution in [3.63, 3.8) is 0 Å². The third kappa shape index (κ3) is 3.12. The van der Waals surface area contributed by atoms with E-state index in [1.54, 1.807) is 24.0 Å². The topological polar surface area (TPSA) is 59.2 Å². The highest BCUT2D eigenvalue weighted by Crippen LogP contribution is 2.33. The van der Waals surface area contributed by atoms with Gasteiger partial charge in [-0.15, -0.1) is 0 Å². The van der Waals surface area contributed by atoms with Crippen molar-refractivity contribution in [1.29, 1.82) is 0 Å². The van der Waals surface area contributed by atoms with Gasteiger partial charge in [-0.05, 0) is 56.2 Å². The summed E-state index contributed by atoms with van der Waals surface area (Å²) in [5, 5.41) is 4.09. The second kappa shape index (κ2) is 6.61. The number of benzene rings is 2. The highest BCUT2D eigenvalue weighted by Gasteiger charge is 2.35. The lowest BCUT2D eigenvalue weighted by Crippen LogP contribution is -2.25. The van der Waals surface area contributed by atoms with E-state index in [1.165, 1.54) is 11.6 Å². The summed E-state index contributed by atoms with van der Waals surface area (Å²) in [7, 11) is 0. The van der Waals surface area contributed by atoms with E-state index in [-0.39, 0.29) is 24.1 Å². The van der Waals surface area contributed by atoms with Gasteiger partial charge in [0, 0.05) is 35.7 Å². The van der Waals surface area contributed by atoms with Crippen molar-refractivity contribution < 1.29 is 13.7 Å². The molecule has 5 nitrogen and oxygen atoms in total. The lowest BCUT2D eigenvalue weighted by Gasteiger charge is -2.18. The first-order chi connectivity index (χ1) is 12.9. The van der Waals surface area contributed by atoms with Crippen LogP contribution in [0.5, 0.6) is 0 Å². The Balaban J connectivity index is 1.59. The summed E-state index contributed by atoms with van der Waals surface area (Å²) in [6.45, 7) is 6.17. The van der Waals surface area contributed by atoms with Crippen molar-refractivity contribution in [2.45, 2.75) is 33.1 Å². The molecule has 0 radical (unpaired) electrons. The van der Waals surface area contributed by atoms with Gasteiger partial charge in [0.1, 0.15) is 5.82 Å². The molecule has 1 amide bonds. The van der Waals surface area contributed by atoms with Gasteiger partial charge in [-0.2, -0.15) is 4.98 Å². The van der Waals surface area contributed by atoms with Gasteiger partial charge in [-0.1, -0.05) is 17.3 Å². The van der Waals surface area contributed by atoms with Gasteiger partial charge in [-0.25, -0.2) is 4.39 Å². The molecule has 0 spiro atoms. The van der Waals surface area contributed by atoms with Crippen LogP contribution in [0.2, 0.25) is 0 Å². The van der Waals surface area contributed by atoms with Crippen LogP contribution < -0.4 is 4.90 Å². The first kappa shape index (κ1) is 17.4. The van der Waals surface area contributed by atoms with Crippen LogP contribution in [-0.2, 0) is 4.79 Å². The van der Waals surface area contributed by atoms with E-state index in [0.29, 0.717) is 29.5 Å². The summed E-state index contributed by atoms with van der Waals surface area (Å²) >= 11 is 0. The number of aromatic nitrogens is 2. The number of carbonyl (C=O) groups is 1. The highest BCUT2D eigenvalue weighted by atomic mass is 19.1. The van der Waals surface area contributed by atoms with Crippen molar-refractivity contribution in [2.75, 3.05) is 11.4 Å².